The summed E-state index contributed by atoms with van der Waals surface area (Å²) in [5.41, 5.74) is 2.91. The molecule has 0 spiro atoms. The largest absolute Gasteiger partial charge is 0.356 e. The van der Waals surface area contributed by atoms with Gasteiger partial charge in [-0.05, 0) is 36.5 Å². The summed E-state index contributed by atoms with van der Waals surface area (Å²) in [6, 6.07) is 18.7. The van der Waals surface area contributed by atoms with Crippen molar-refractivity contribution >= 4 is 11.8 Å². The lowest BCUT2D eigenvalue weighted by molar-refractivity contribution is -0.133. The number of amides is 2. The standard InChI is InChI=1S/C23H28N2O2/c1-3-21(26)25-14-13-23(17-25,22(27)24-4-2)16-18-9-8-12-20(15-18)19-10-6-5-7-11-19/h5-12,15H,3-4,13-14,16-17H2,1-2H3,(H,24,27). The van der Waals surface area contributed by atoms with E-state index in [1.807, 2.05) is 43.0 Å². The Morgan fingerprint density at radius 3 is 2.48 bits per heavy atom. The van der Waals surface area contributed by atoms with Crippen molar-refractivity contribution in [2.45, 2.75) is 33.1 Å². The molecule has 2 aromatic carbocycles. The molecule has 0 aromatic heterocycles. The first-order valence-electron chi connectivity index (χ1n) is 9.78. The number of nitrogens with zero attached hydrogens (tertiary/aromatic N) is 1. The van der Waals surface area contributed by atoms with Gasteiger partial charge in [-0.2, -0.15) is 0 Å². The number of nitrogens with one attached hydrogen (secondary N) is 1. The fourth-order valence-corrected chi connectivity index (χ4v) is 3.95. The highest BCUT2D eigenvalue weighted by Gasteiger charge is 2.45. The van der Waals surface area contributed by atoms with E-state index in [1.165, 1.54) is 5.56 Å². The molecule has 2 amide bonds. The number of benzene rings is 2. The molecule has 1 aliphatic heterocycles. The van der Waals surface area contributed by atoms with E-state index in [2.05, 4.69) is 35.6 Å². The monoisotopic (exact) mass is 364 g/mol. The lowest BCUT2D eigenvalue weighted by Crippen LogP contribution is -2.45. The second kappa shape index (κ2) is 8.38. The molecule has 0 radical (unpaired) electrons. The molecular weight excluding hydrogens is 336 g/mol. The van der Waals surface area contributed by atoms with Crippen molar-refractivity contribution in [3.63, 3.8) is 0 Å². The topological polar surface area (TPSA) is 49.4 Å². The number of likely N-dealkylation sites (tertiary alicyclic amines) is 1. The summed E-state index contributed by atoms with van der Waals surface area (Å²) in [5, 5.41) is 3.00. The van der Waals surface area contributed by atoms with Gasteiger partial charge < -0.3 is 10.2 Å². The van der Waals surface area contributed by atoms with E-state index < -0.39 is 5.41 Å². The van der Waals surface area contributed by atoms with Crippen LogP contribution >= 0.6 is 0 Å². The molecule has 1 fully saturated rings. The molecule has 1 aliphatic rings. The minimum absolute atomic E-state index is 0.0570. The first-order valence-corrected chi connectivity index (χ1v) is 9.78. The molecule has 1 atom stereocenters. The lowest BCUT2D eigenvalue weighted by Gasteiger charge is -2.28. The van der Waals surface area contributed by atoms with Gasteiger partial charge in [-0.15, -0.1) is 0 Å². The van der Waals surface area contributed by atoms with Crippen molar-refractivity contribution in [2.75, 3.05) is 19.6 Å². The first-order chi connectivity index (χ1) is 13.1. The van der Waals surface area contributed by atoms with Crippen LogP contribution in [0.15, 0.2) is 54.6 Å². The molecule has 1 N–H and O–H groups in total. The fourth-order valence-electron chi connectivity index (χ4n) is 3.95. The molecule has 0 bridgehead atoms. The van der Waals surface area contributed by atoms with Crippen LogP contribution in [-0.4, -0.2) is 36.3 Å². The van der Waals surface area contributed by atoms with E-state index in [4.69, 9.17) is 0 Å². The zero-order valence-corrected chi connectivity index (χ0v) is 16.2. The summed E-state index contributed by atoms with van der Waals surface area (Å²) in [4.78, 5) is 26.9. The molecule has 3 rings (SSSR count). The highest BCUT2D eigenvalue weighted by molar-refractivity contribution is 5.85. The quantitative estimate of drug-likeness (QED) is 0.850. The van der Waals surface area contributed by atoms with Gasteiger partial charge in [-0.1, -0.05) is 61.5 Å². The predicted octanol–water partition coefficient (Wildman–Crippen LogP) is 3.66. The Morgan fingerprint density at radius 2 is 1.78 bits per heavy atom. The SMILES string of the molecule is CCNC(=O)C1(Cc2cccc(-c3ccccc3)c2)CCN(C(=O)CC)C1. The van der Waals surface area contributed by atoms with Crippen LogP contribution < -0.4 is 5.32 Å². The number of hydrogen-bond donors (Lipinski definition) is 1. The molecule has 0 aliphatic carbocycles. The molecule has 1 unspecified atom stereocenters. The maximum absolute atomic E-state index is 12.9. The maximum atomic E-state index is 12.9. The van der Waals surface area contributed by atoms with Gasteiger partial charge in [-0.3, -0.25) is 9.59 Å². The number of hydrogen-bond acceptors (Lipinski definition) is 2. The Bertz CT molecular complexity index is 803. The van der Waals surface area contributed by atoms with Crippen LogP contribution in [0.1, 0.15) is 32.3 Å². The van der Waals surface area contributed by atoms with E-state index >= 15 is 0 Å². The second-order valence-electron chi connectivity index (χ2n) is 7.30. The van der Waals surface area contributed by atoms with Gasteiger partial charge in [0.1, 0.15) is 0 Å². The van der Waals surface area contributed by atoms with Crippen LogP contribution in [-0.2, 0) is 16.0 Å². The smallest absolute Gasteiger partial charge is 0.228 e. The normalized spacial score (nSPS) is 19.1. The van der Waals surface area contributed by atoms with E-state index in [0.717, 1.165) is 11.1 Å². The van der Waals surface area contributed by atoms with Crippen LogP contribution in [0.3, 0.4) is 0 Å². The predicted molar refractivity (Wildman–Crippen MR) is 108 cm³/mol. The maximum Gasteiger partial charge on any atom is 0.228 e. The van der Waals surface area contributed by atoms with Gasteiger partial charge in [-0.25, -0.2) is 0 Å². The second-order valence-corrected chi connectivity index (χ2v) is 7.30. The van der Waals surface area contributed by atoms with E-state index in [0.29, 0.717) is 38.9 Å². The van der Waals surface area contributed by atoms with Gasteiger partial charge in [0.05, 0.1) is 5.41 Å². The molecule has 27 heavy (non-hydrogen) atoms. The molecule has 1 saturated heterocycles. The summed E-state index contributed by atoms with van der Waals surface area (Å²) in [6.45, 7) is 5.57. The average Bonchev–Trinajstić information content (AvgIpc) is 3.14. The van der Waals surface area contributed by atoms with Crippen LogP contribution in [0.5, 0.6) is 0 Å². The molecule has 4 heteroatoms. The van der Waals surface area contributed by atoms with Crippen molar-refractivity contribution in [3.05, 3.63) is 60.2 Å². The van der Waals surface area contributed by atoms with Crippen LogP contribution in [0.25, 0.3) is 11.1 Å². The summed E-state index contributed by atoms with van der Waals surface area (Å²) < 4.78 is 0. The molecule has 142 valence electrons. The molecule has 1 heterocycles. The summed E-state index contributed by atoms with van der Waals surface area (Å²) in [5.74, 6) is 0.181. The number of rotatable bonds is 6. The summed E-state index contributed by atoms with van der Waals surface area (Å²) in [7, 11) is 0. The summed E-state index contributed by atoms with van der Waals surface area (Å²) in [6.07, 6.45) is 1.84. The van der Waals surface area contributed by atoms with Gasteiger partial charge in [0.25, 0.3) is 0 Å². The Hall–Kier alpha value is -2.62. The third-order valence-corrected chi connectivity index (χ3v) is 5.40. The highest BCUT2D eigenvalue weighted by atomic mass is 16.2. The van der Waals surface area contributed by atoms with Crippen molar-refractivity contribution < 1.29 is 9.59 Å². The van der Waals surface area contributed by atoms with Crippen molar-refractivity contribution in [1.82, 2.24) is 10.2 Å². The molecule has 2 aromatic rings. The van der Waals surface area contributed by atoms with Crippen LogP contribution in [0.2, 0.25) is 0 Å². The molecule has 4 nitrogen and oxygen atoms in total. The van der Waals surface area contributed by atoms with Gasteiger partial charge in [0, 0.05) is 26.1 Å². The Kier molecular flexibility index (Phi) is 5.94. The average molecular weight is 364 g/mol. The zero-order chi connectivity index (χ0) is 19.3. The highest BCUT2D eigenvalue weighted by Crippen LogP contribution is 2.36. The third-order valence-electron chi connectivity index (χ3n) is 5.40. The Labute approximate surface area is 161 Å². The van der Waals surface area contributed by atoms with Gasteiger partial charge in [0.15, 0.2) is 0 Å². The fraction of sp³-hybridized carbons (Fsp3) is 0.391. The van der Waals surface area contributed by atoms with E-state index in [9.17, 15) is 9.59 Å². The Morgan fingerprint density at radius 1 is 1.04 bits per heavy atom. The van der Waals surface area contributed by atoms with Crippen molar-refractivity contribution in [2.24, 2.45) is 5.41 Å². The number of carbonyl (C=O) groups excluding carboxylic acids is 2. The first kappa shape index (κ1) is 19.2. The zero-order valence-electron chi connectivity index (χ0n) is 16.2. The minimum atomic E-state index is -0.545. The summed E-state index contributed by atoms with van der Waals surface area (Å²) >= 11 is 0. The lowest BCUT2D eigenvalue weighted by atomic mass is 9.79. The van der Waals surface area contributed by atoms with E-state index in [-0.39, 0.29) is 11.8 Å². The third kappa shape index (κ3) is 4.21. The Balaban J connectivity index is 1.87. The minimum Gasteiger partial charge on any atom is -0.356 e. The molecule has 0 saturated carbocycles. The van der Waals surface area contributed by atoms with Crippen molar-refractivity contribution in [3.8, 4) is 11.1 Å². The van der Waals surface area contributed by atoms with Gasteiger partial charge in [0.2, 0.25) is 11.8 Å². The molecular formula is C23H28N2O2. The number of carbonyl (C=O) groups is 2. The van der Waals surface area contributed by atoms with Crippen LogP contribution in [0, 0.1) is 5.41 Å². The van der Waals surface area contributed by atoms with Crippen molar-refractivity contribution in [1.29, 1.82) is 0 Å². The van der Waals surface area contributed by atoms with Crippen LogP contribution in [0.4, 0.5) is 0 Å². The van der Waals surface area contributed by atoms with E-state index in [1.54, 1.807) is 0 Å². The van der Waals surface area contributed by atoms with Gasteiger partial charge >= 0.3 is 0 Å².